The molecule has 6 nitrogen and oxygen atoms in total. The zero-order chi connectivity index (χ0) is 18.2. The van der Waals surface area contributed by atoms with Gasteiger partial charge in [-0.25, -0.2) is 0 Å². The van der Waals surface area contributed by atoms with Gasteiger partial charge < -0.3 is 15.0 Å². The number of hydrogen-bond donors (Lipinski definition) is 1. The van der Waals surface area contributed by atoms with Gasteiger partial charge in [0.15, 0.2) is 0 Å². The molecule has 0 aliphatic carbocycles. The fourth-order valence-corrected chi connectivity index (χ4v) is 2.42. The third kappa shape index (κ3) is 4.56. The summed E-state index contributed by atoms with van der Waals surface area (Å²) in [4.78, 5) is 30.7. The number of hydrogen-bond acceptors (Lipinski definition) is 4. The highest BCUT2D eigenvalue weighted by molar-refractivity contribution is 6.06. The number of aromatic nitrogens is 1. The van der Waals surface area contributed by atoms with E-state index in [2.05, 4.69) is 10.3 Å². The van der Waals surface area contributed by atoms with E-state index >= 15 is 0 Å². The predicted octanol–water partition coefficient (Wildman–Crippen LogP) is 3.21. The first-order valence-electron chi connectivity index (χ1n) is 8.38. The van der Waals surface area contributed by atoms with Crippen molar-refractivity contribution in [1.29, 1.82) is 0 Å². The van der Waals surface area contributed by atoms with Crippen LogP contribution in [0.2, 0.25) is 0 Å². The second-order valence-electron chi connectivity index (χ2n) is 5.32. The minimum Gasteiger partial charge on any atom is -0.492 e. The monoisotopic (exact) mass is 341 g/mol. The largest absolute Gasteiger partial charge is 0.492 e. The second-order valence-corrected chi connectivity index (χ2v) is 5.32. The van der Waals surface area contributed by atoms with Crippen LogP contribution < -0.4 is 10.1 Å². The summed E-state index contributed by atoms with van der Waals surface area (Å²) in [5, 5.41) is 2.81. The number of nitrogens with zero attached hydrogens (tertiary/aromatic N) is 2. The second kappa shape index (κ2) is 8.82. The van der Waals surface area contributed by atoms with Gasteiger partial charge in [-0.15, -0.1) is 0 Å². The molecule has 0 atom stereocenters. The highest BCUT2D eigenvalue weighted by Gasteiger charge is 2.16. The third-order valence-electron chi connectivity index (χ3n) is 3.73. The van der Waals surface area contributed by atoms with E-state index in [0.717, 1.165) is 0 Å². The summed E-state index contributed by atoms with van der Waals surface area (Å²) in [6, 6.07) is 8.77. The summed E-state index contributed by atoms with van der Waals surface area (Å²) in [5.74, 6) is 0.123. The molecule has 0 saturated carbocycles. The van der Waals surface area contributed by atoms with Gasteiger partial charge in [0.2, 0.25) is 0 Å². The molecule has 0 fully saturated rings. The fraction of sp³-hybridized carbons (Fsp3) is 0.316. The smallest absolute Gasteiger partial charge is 0.257 e. The quantitative estimate of drug-likeness (QED) is 0.839. The lowest BCUT2D eigenvalue weighted by molar-refractivity contribution is 0.0772. The average Bonchev–Trinajstić information content (AvgIpc) is 2.64. The van der Waals surface area contributed by atoms with Gasteiger partial charge in [0.25, 0.3) is 11.8 Å². The summed E-state index contributed by atoms with van der Waals surface area (Å²) >= 11 is 0. The molecule has 6 heteroatoms. The molecule has 0 spiro atoms. The molecule has 0 aliphatic heterocycles. The molecule has 0 saturated heterocycles. The Kier molecular flexibility index (Phi) is 6.51. The van der Waals surface area contributed by atoms with E-state index in [9.17, 15) is 9.59 Å². The zero-order valence-corrected chi connectivity index (χ0v) is 14.8. The fourth-order valence-electron chi connectivity index (χ4n) is 2.42. The molecule has 2 rings (SSSR count). The van der Waals surface area contributed by atoms with E-state index in [0.29, 0.717) is 42.3 Å². The number of rotatable bonds is 7. The number of carbonyl (C=O) groups excluding carboxylic acids is 2. The molecule has 0 radical (unpaired) electrons. The standard InChI is InChI=1S/C19H23N3O3/c1-4-22(5-2)19(24)15-11-14(12-20-13-15)18(23)21-16-9-7-8-10-17(16)25-6-3/h7-13H,4-6H2,1-3H3,(H,21,23). The van der Waals surface area contributed by atoms with Crippen LogP contribution in [0.4, 0.5) is 5.69 Å². The average molecular weight is 341 g/mol. The molecule has 1 heterocycles. The summed E-state index contributed by atoms with van der Waals surface area (Å²) in [6.07, 6.45) is 2.92. The summed E-state index contributed by atoms with van der Waals surface area (Å²) in [5.41, 5.74) is 1.30. The molecule has 1 N–H and O–H groups in total. The van der Waals surface area contributed by atoms with Crippen molar-refractivity contribution in [2.24, 2.45) is 0 Å². The van der Waals surface area contributed by atoms with Crippen molar-refractivity contribution >= 4 is 17.5 Å². The van der Waals surface area contributed by atoms with Gasteiger partial charge in [-0.1, -0.05) is 12.1 Å². The third-order valence-corrected chi connectivity index (χ3v) is 3.73. The van der Waals surface area contributed by atoms with Crippen LogP contribution in [-0.2, 0) is 0 Å². The number of anilines is 1. The summed E-state index contributed by atoms with van der Waals surface area (Å²) in [7, 11) is 0. The minimum absolute atomic E-state index is 0.137. The van der Waals surface area contributed by atoms with E-state index in [4.69, 9.17) is 4.74 Å². The first-order chi connectivity index (χ1) is 12.1. The Morgan fingerprint density at radius 2 is 1.76 bits per heavy atom. The Hall–Kier alpha value is -2.89. The van der Waals surface area contributed by atoms with Gasteiger partial charge in [-0.3, -0.25) is 14.6 Å². The van der Waals surface area contributed by atoms with Gasteiger partial charge in [0, 0.05) is 25.5 Å². The van der Waals surface area contributed by atoms with Crippen LogP contribution in [0, 0.1) is 0 Å². The molecule has 0 bridgehead atoms. The van der Waals surface area contributed by atoms with E-state index in [-0.39, 0.29) is 11.8 Å². The van der Waals surface area contributed by atoms with Crippen LogP contribution in [0.15, 0.2) is 42.7 Å². The molecule has 2 amide bonds. The molecule has 0 unspecified atom stereocenters. The van der Waals surface area contributed by atoms with Gasteiger partial charge in [0.05, 0.1) is 23.4 Å². The molecule has 1 aromatic heterocycles. The number of carbonyl (C=O) groups is 2. The van der Waals surface area contributed by atoms with Crippen molar-refractivity contribution in [2.45, 2.75) is 20.8 Å². The molecule has 1 aromatic carbocycles. The maximum Gasteiger partial charge on any atom is 0.257 e. The topological polar surface area (TPSA) is 71.5 Å². The zero-order valence-electron chi connectivity index (χ0n) is 14.8. The Labute approximate surface area is 147 Å². The van der Waals surface area contributed by atoms with Crippen LogP contribution in [0.5, 0.6) is 5.75 Å². The first-order valence-corrected chi connectivity index (χ1v) is 8.38. The normalized spacial score (nSPS) is 10.2. The van der Waals surface area contributed by atoms with Crippen LogP contribution in [0.1, 0.15) is 41.5 Å². The molecular weight excluding hydrogens is 318 g/mol. The molecule has 25 heavy (non-hydrogen) atoms. The van der Waals surface area contributed by atoms with Crippen molar-refractivity contribution < 1.29 is 14.3 Å². The van der Waals surface area contributed by atoms with E-state index in [1.807, 2.05) is 32.9 Å². The highest BCUT2D eigenvalue weighted by atomic mass is 16.5. The van der Waals surface area contributed by atoms with Crippen molar-refractivity contribution in [2.75, 3.05) is 25.0 Å². The Morgan fingerprint density at radius 1 is 1.08 bits per heavy atom. The number of nitrogens with one attached hydrogen (secondary N) is 1. The van der Waals surface area contributed by atoms with Crippen LogP contribution >= 0.6 is 0 Å². The highest BCUT2D eigenvalue weighted by Crippen LogP contribution is 2.24. The lowest BCUT2D eigenvalue weighted by Gasteiger charge is -2.18. The van der Waals surface area contributed by atoms with Crippen molar-refractivity contribution in [3.8, 4) is 5.75 Å². The lowest BCUT2D eigenvalue weighted by Crippen LogP contribution is -2.30. The maximum atomic E-state index is 12.5. The Balaban J connectivity index is 2.21. The van der Waals surface area contributed by atoms with Crippen molar-refractivity contribution in [1.82, 2.24) is 9.88 Å². The van der Waals surface area contributed by atoms with E-state index < -0.39 is 0 Å². The number of para-hydroxylation sites is 2. The molecular formula is C19H23N3O3. The number of pyridine rings is 1. The lowest BCUT2D eigenvalue weighted by atomic mass is 10.1. The van der Waals surface area contributed by atoms with Crippen LogP contribution in [-0.4, -0.2) is 41.4 Å². The van der Waals surface area contributed by atoms with Gasteiger partial charge >= 0.3 is 0 Å². The SMILES string of the molecule is CCOc1ccccc1NC(=O)c1cncc(C(=O)N(CC)CC)c1. The Morgan fingerprint density at radius 3 is 2.44 bits per heavy atom. The number of benzene rings is 1. The van der Waals surface area contributed by atoms with Crippen molar-refractivity contribution in [3.63, 3.8) is 0 Å². The van der Waals surface area contributed by atoms with Gasteiger partial charge in [-0.2, -0.15) is 0 Å². The van der Waals surface area contributed by atoms with Crippen molar-refractivity contribution in [3.05, 3.63) is 53.9 Å². The summed E-state index contributed by atoms with van der Waals surface area (Å²) in [6.45, 7) is 7.42. The van der Waals surface area contributed by atoms with E-state index in [1.165, 1.54) is 12.4 Å². The number of ether oxygens (including phenoxy) is 1. The molecule has 132 valence electrons. The maximum absolute atomic E-state index is 12.5. The van der Waals surface area contributed by atoms with Gasteiger partial charge in [-0.05, 0) is 39.0 Å². The first kappa shape index (κ1) is 18.4. The van der Waals surface area contributed by atoms with Crippen LogP contribution in [0.3, 0.4) is 0 Å². The van der Waals surface area contributed by atoms with Crippen LogP contribution in [0.25, 0.3) is 0 Å². The molecule has 0 aliphatic rings. The molecule has 2 aromatic rings. The number of amides is 2. The Bertz CT molecular complexity index is 742. The van der Waals surface area contributed by atoms with Gasteiger partial charge in [0.1, 0.15) is 5.75 Å². The minimum atomic E-state index is -0.339. The van der Waals surface area contributed by atoms with E-state index in [1.54, 1.807) is 23.1 Å². The predicted molar refractivity (Wildman–Crippen MR) is 97.1 cm³/mol. The summed E-state index contributed by atoms with van der Waals surface area (Å²) < 4.78 is 5.51.